The SMILES string of the molecule is O=C(O)CCCN1C(=O)/C(=C\C2=CC3C=Cc4ccccc4C3S2)SC1=S. The molecule has 2 atom stereocenters. The summed E-state index contributed by atoms with van der Waals surface area (Å²) in [6, 6.07) is 8.41. The number of nitrogens with zero attached hydrogens (tertiary/aromatic N) is 1. The summed E-state index contributed by atoms with van der Waals surface area (Å²) in [5.41, 5.74) is 2.58. The van der Waals surface area contributed by atoms with E-state index in [1.54, 1.807) is 11.8 Å². The molecule has 1 saturated heterocycles. The second kappa shape index (κ2) is 7.66. The first-order valence-corrected chi connectivity index (χ1v) is 10.8. The van der Waals surface area contributed by atoms with Gasteiger partial charge in [0, 0.05) is 29.0 Å². The lowest BCUT2D eigenvalue weighted by Gasteiger charge is -2.22. The fourth-order valence-corrected chi connectivity index (χ4v) is 6.15. The van der Waals surface area contributed by atoms with Crippen molar-refractivity contribution in [3.8, 4) is 0 Å². The van der Waals surface area contributed by atoms with Crippen molar-refractivity contribution in [2.45, 2.75) is 18.1 Å². The van der Waals surface area contributed by atoms with E-state index in [9.17, 15) is 9.59 Å². The first kappa shape index (κ1) is 18.5. The first-order chi connectivity index (χ1) is 13.0. The van der Waals surface area contributed by atoms with E-state index >= 15 is 0 Å². The molecule has 1 aliphatic carbocycles. The number of thiocarbonyl (C=S) groups is 1. The molecule has 7 heteroatoms. The standard InChI is InChI=1S/C20H17NO3S3/c22-17(23)6-3-9-21-19(24)16(27-20(21)25)11-14-10-13-8-7-12-4-1-2-5-15(12)18(13)26-14/h1-2,4-5,7-8,10-11,13,18H,3,6,9H2,(H,22,23)/b16-11+. The molecule has 0 aromatic heterocycles. The molecule has 2 heterocycles. The van der Waals surface area contributed by atoms with E-state index in [4.69, 9.17) is 17.3 Å². The van der Waals surface area contributed by atoms with Gasteiger partial charge in [0.2, 0.25) is 0 Å². The minimum absolute atomic E-state index is 0.0339. The van der Waals surface area contributed by atoms with Crippen molar-refractivity contribution < 1.29 is 14.7 Å². The zero-order valence-electron chi connectivity index (χ0n) is 14.3. The lowest BCUT2D eigenvalue weighted by atomic mass is 9.89. The second-order valence-electron chi connectivity index (χ2n) is 6.50. The number of fused-ring (bicyclic) bond motifs is 3. The third kappa shape index (κ3) is 3.77. The Morgan fingerprint density at radius 1 is 1.33 bits per heavy atom. The van der Waals surface area contributed by atoms with E-state index in [0.29, 0.717) is 33.4 Å². The molecule has 0 bridgehead atoms. The van der Waals surface area contributed by atoms with Gasteiger partial charge in [0.15, 0.2) is 0 Å². The Bertz CT molecular complexity index is 919. The second-order valence-corrected chi connectivity index (χ2v) is 9.39. The monoisotopic (exact) mass is 415 g/mol. The molecule has 1 aromatic carbocycles. The molecule has 1 aromatic rings. The van der Waals surface area contributed by atoms with Gasteiger partial charge in [-0.2, -0.15) is 0 Å². The van der Waals surface area contributed by atoms with Crippen LogP contribution in [0.3, 0.4) is 0 Å². The Labute approximate surface area is 171 Å². The predicted molar refractivity (Wildman–Crippen MR) is 114 cm³/mol. The van der Waals surface area contributed by atoms with E-state index in [-0.39, 0.29) is 12.3 Å². The summed E-state index contributed by atoms with van der Waals surface area (Å²) in [4.78, 5) is 26.5. The van der Waals surface area contributed by atoms with Crippen LogP contribution in [0.1, 0.15) is 29.2 Å². The van der Waals surface area contributed by atoms with Crippen molar-refractivity contribution in [3.63, 3.8) is 0 Å². The number of carboxylic acid groups (broad SMARTS) is 1. The van der Waals surface area contributed by atoms with Crippen LogP contribution in [0.4, 0.5) is 0 Å². The predicted octanol–water partition coefficient (Wildman–Crippen LogP) is 4.61. The summed E-state index contributed by atoms with van der Waals surface area (Å²) in [6.07, 6.45) is 8.95. The maximum Gasteiger partial charge on any atom is 0.303 e. The van der Waals surface area contributed by atoms with Gasteiger partial charge in [-0.15, -0.1) is 11.8 Å². The molecule has 1 amide bonds. The van der Waals surface area contributed by atoms with Crippen LogP contribution in [-0.4, -0.2) is 32.7 Å². The summed E-state index contributed by atoms with van der Waals surface area (Å²) < 4.78 is 0.503. The Hall–Kier alpha value is -1.83. The maximum absolute atomic E-state index is 12.6. The number of rotatable bonds is 5. The quantitative estimate of drug-likeness (QED) is 0.560. The van der Waals surface area contributed by atoms with E-state index < -0.39 is 5.97 Å². The molecule has 1 N–H and O–H groups in total. The number of carboxylic acids is 1. The molecule has 4 rings (SSSR count). The highest BCUT2D eigenvalue weighted by Gasteiger charge is 2.35. The lowest BCUT2D eigenvalue weighted by molar-refractivity contribution is -0.137. The van der Waals surface area contributed by atoms with Gasteiger partial charge in [0.05, 0.1) is 4.91 Å². The number of allylic oxidation sites excluding steroid dienone is 3. The van der Waals surface area contributed by atoms with Crippen LogP contribution in [0.5, 0.6) is 0 Å². The van der Waals surface area contributed by atoms with Gasteiger partial charge >= 0.3 is 5.97 Å². The van der Waals surface area contributed by atoms with Gasteiger partial charge in [-0.05, 0) is 23.6 Å². The van der Waals surface area contributed by atoms with Crippen LogP contribution in [0.2, 0.25) is 0 Å². The van der Waals surface area contributed by atoms with Crippen LogP contribution in [0.25, 0.3) is 6.08 Å². The molecule has 4 nitrogen and oxygen atoms in total. The summed E-state index contributed by atoms with van der Waals surface area (Å²) in [5.74, 6) is -0.654. The van der Waals surface area contributed by atoms with Crippen LogP contribution >= 0.6 is 35.7 Å². The molecular weight excluding hydrogens is 398 g/mol. The normalized spacial score (nSPS) is 25.0. The van der Waals surface area contributed by atoms with Crippen LogP contribution in [0.15, 0.2) is 52.3 Å². The number of benzene rings is 1. The van der Waals surface area contributed by atoms with E-state index in [0.717, 1.165) is 4.91 Å². The largest absolute Gasteiger partial charge is 0.481 e. The van der Waals surface area contributed by atoms with Gasteiger partial charge in [-0.1, -0.05) is 66.5 Å². The number of thioether (sulfide) groups is 2. The molecule has 2 aliphatic heterocycles. The fourth-order valence-electron chi connectivity index (χ4n) is 3.40. The summed E-state index contributed by atoms with van der Waals surface area (Å²) in [6.45, 7) is 0.349. The topological polar surface area (TPSA) is 57.6 Å². The highest BCUT2D eigenvalue weighted by molar-refractivity contribution is 8.26. The number of hydrogen-bond donors (Lipinski definition) is 1. The van der Waals surface area contributed by atoms with Gasteiger partial charge in [0.1, 0.15) is 4.32 Å². The molecule has 2 unspecified atom stereocenters. The fraction of sp³-hybridized carbons (Fsp3) is 0.250. The minimum Gasteiger partial charge on any atom is -0.481 e. The number of hydrogen-bond acceptors (Lipinski definition) is 5. The summed E-state index contributed by atoms with van der Waals surface area (Å²) >= 11 is 8.39. The highest BCUT2D eigenvalue weighted by Crippen LogP contribution is 2.52. The number of carbonyl (C=O) groups excluding carboxylic acids is 1. The Kier molecular flexibility index (Phi) is 5.25. The number of amides is 1. The number of aliphatic carboxylic acids is 1. The van der Waals surface area contributed by atoms with Crippen molar-refractivity contribution >= 4 is 58.0 Å². The average Bonchev–Trinajstić information content (AvgIpc) is 3.17. The molecule has 0 saturated carbocycles. The molecule has 27 heavy (non-hydrogen) atoms. The molecule has 0 spiro atoms. The molecule has 138 valence electrons. The van der Waals surface area contributed by atoms with E-state index in [1.165, 1.54) is 27.8 Å². The van der Waals surface area contributed by atoms with Gasteiger partial charge in [0.25, 0.3) is 5.91 Å². The lowest BCUT2D eigenvalue weighted by Crippen LogP contribution is -2.29. The molecular formula is C20H17NO3S3. The molecule has 0 radical (unpaired) electrons. The van der Waals surface area contributed by atoms with Crippen LogP contribution < -0.4 is 0 Å². The summed E-state index contributed by atoms with van der Waals surface area (Å²) in [7, 11) is 0. The third-order valence-corrected chi connectivity index (χ3v) is 7.42. The van der Waals surface area contributed by atoms with E-state index in [2.05, 4.69) is 36.4 Å². The third-order valence-electron chi connectivity index (χ3n) is 4.69. The molecule has 3 aliphatic rings. The summed E-state index contributed by atoms with van der Waals surface area (Å²) in [5, 5.41) is 9.11. The van der Waals surface area contributed by atoms with Gasteiger partial charge in [-0.3, -0.25) is 14.5 Å². The average molecular weight is 416 g/mol. The van der Waals surface area contributed by atoms with Crippen molar-refractivity contribution in [1.82, 2.24) is 4.90 Å². The van der Waals surface area contributed by atoms with Crippen molar-refractivity contribution in [2.24, 2.45) is 5.92 Å². The highest BCUT2D eigenvalue weighted by atomic mass is 32.2. The minimum atomic E-state index is -0.862. The van der Waals surface area contributed by atoms with Gasteiger partial charge in [-0.25, -0.2) is 0 Å². The van der Waals surface area contributed by atoms with Gasteiger partial charge < -0.3 is 5.11 Å². The Morgan fingerprint density at radius 2 is 2.15 bits per heavy atom. The smallest absolute Gasteiger partial charge is 0.303 e. The first-order valence-electron chi connectivity index (χ1n) is 8.66. The van der Waals surface area contributed by atoms with Crippen molar-refractivity contribution in [1.29, 1.82) is 0 Å². The van der Waals surface area contributed by atoms with Crippen LogP contribution in [0, 0.1) is 5.92 Å². The Morgan fingerprint density at radius 3 is 2.96 bits per heavy atom. The zero-order valence-corrected chi connectivity index (χ0v) is 16.8. The van der Waals surface area contributed by atoms with Crippen molar-refractivity contribution in [2.75, 3.05) is 6.54 Å². The molecule has 1 fully saturated rings. The number of carbonyl (C=O) groups is 2. The zero-order chi connectivity index (χ0) is 19.0. The van der Waals surface area contributed by atoms with Crippen molar-refractivity contribution in [3.05, 3.63) is 63.4 Å². The van der Waals surface area contributed by atoms with E-state index in [1.807, 2.05) is 12.1 Å². The van der Waals surface area contributed by atoms with Crippen LogP contribution in [-0.2, 0) is 9.59 Å². The Balaban J connectivity index is 1.47. The maximum atomic E-state index is 12.6.